The highest BCUT2D eigenvalue weighted by atomic mass is 35.5. The number of benzene rings is 1. The van der Waals surface area contributed by atoms with Gasteiger partial charge in [-0.2, -0.15) is 0 Å². The first-order chi connectivity index (χ1) is 9.83. The minimum absolute atomic E-state index is 0. The molecule has 0 aliphatic carbocycles. The molecule has 2 unspecified atom stereocenters. The molecule has 3 N–H and O–H groups in total. The maximum Gasteiger partial charge on any atom is 0.261 e. The van der Waals surface area contributed by atoms with Gasteiger partial charge in [0, 0.05) is 17.6 Å². The largest absolute Gasteiger partial charge is 0.481 e. The van der Waals surface area contributed by atoms with Crippen molar-refractivity contribution in [3.05, 3.63) is 28.8 Å². The van der Waals surface area contributed by atoms with Crippen LogP contribution in [0.1, 0.15) is 32.8 Å². The summed E-state index contributed by atoms with van der Waals surface area (Å²) >= 11 is 5.97. The predicted octanol–water partition coefficient (Wildman–Crippen LogP) is 3.33. The SMILES string of the molecule is Cc1cc(OC(C)C(=O)NC(CN)CC(C)C)ccc1Cl.Cl. The molecule has 0 fully saturated rings. The summed E-state index contributed by atoms with van der Waals surface area (Å²) in [6, 6.07) is 5.32. The Morgan fingerprint density at radius 1 is 1.36 bits per heavy atom. The van der Waals surface area contributed by atoms with Crippen LogP contribution in [0.15, 0.2) is 18.2 Å². The van der Waals surface area contributed by atoms with E-state index >= 15 is 0 Å². The number of amides is 1. The zero-order valence-corrected chi connectivity index (χ0v) is 15.1. The van der Waals surface area contributed by atoms with E-state index in [1.807, 2.05) is 13.0 Å². The lowest BCUT2D eigenvalue weighted by molar-refractivity contribution is -0.128. The normalized spacial score (nSPS) is 13.2. The van der Waals surface area contributed by atoms with Crippen LogP contribution >= 0.6 is 24.0 Å². The molecule has 0 aliphatic rings. The topological polar surface area (TPSA) is 64.3 Å². The maximum absolute atomic E-state index is 12.1. The van der Waals surface area contributed by atoms with Gasteiger partial charge in [0.2, 0.25) is 0 Å². The monoisotopic (exact) mass is 348 g/mol. The highest BCUT2D eigenvalue weighted by Gasteiger charge is 2.19. The molecule has 4 nitrogen and oxygen atoms in total. The highest BCUT2D eigenvalue weighted by Crippen LogP contribution is 2.21. The fraction of sp³-hybridized carbons (Fsp3) is 0.562. The Hall–Kier alpha value is -0.970. The Morgan fingerprint density at radius 3 is 2.50 bits per heavy atom. The van der Waals surface area contributed by atoms with E-state index in [1.54, 1.807) is 19.1 Å². The van der Waals surface area contributed by atoms with E-state index in [1.165, 1.54) is 0 Å². The van der Waals surface area contributed by atoms with Gasteiger partial charge in [0.15, 0.2) is 6.10 Å². The number of ether oxygens (including phenoxy) is 1. The molecule has 2 atom stereocenters. The molecule has 0 aliphatic heterocycles. The van der Waals surface area contributed by atoms with Crippen molar-refractivity contribution in [2.24, 2.45) is 11.7 Å². The van der Waals surface area contributed by atoms with Crippen LogP contribution in [0.3, 0.4) is 0 Å². The van der Waals surface area contributed by atoms with Crippen LogP contribution in [0.2, 0.25) is 5.02 Å². The number of nitrogens with two attached hydrogens (primary N) is 1. The van der Waals surface area contributed by atoms with E-state index in [0.29, 0.717) is 23.2 Å². The van der Waals surface area contributed by atoms with Gasteiger partial charge in [-0.05, 0) is 49.9 Å². The fourth-order valence-electron chi connectivity index (χ4n) is 2.05. The van der Waals surface area contributed by atoms with Crippen molar-refractivity contribution >= 4 is 29.9 Å². The lowest BCUT2D eigenvalue weighted by Gasteiger charge is -2.22. The number of carbonyl (C=O) groups excluding carboxylic acids is 1. The van der Waals surface area contributed by atoms with Crippen molar-refractivity contribution in [1.82, 2.24) is 5.32 Å². The van der Waals surface area contributed by atoms with Crippen LogP contribution in [0.4, 0.5) is 0 Å². The number of aryl methyl sites for hydroxylation is 1. The minimum atomic E-state index is -0.577. The van der Waals surface area contributed by atoms with Gasteiger partial charge in [0.25, 0.3) is 5.91 Å². The third-order valence-electron chi connectivity index (χ3n) is 3.20. The lowest BCUT2D eigenvalue weighted by Crippen LogP contribution is -2.46. The third-order valence-corrected chi connectivity index (χ3v) is 3.62. The zero-order chi connectivity index (χ0) is 16.0. The van der Waals surface area contributed by atoms with E-state index in [-0.39, 0.29) is 24.4 Å². The number of halogens is 2. The van der Waals surface area contributed by atoms with Crippen molar-refractivity contribution in [1.29, 1.82) is 0 Å². The van der Waals surface area contributed by atoms with Gasteiger partial charge in [-0.3, -0.25) is 4.79 Å². The molecule has 6 heteroatoms. The summed E-state index contributed by atoms with van der Waals surface area (Å²) in [7, 11) is 0. The number of hydrogen-bond donors (Lipinski definition) is 2. The number of nitrogens with one attached hydrogen (secondary N) is 1. The molecule has 1 aromatic rings. The molecular weight excluding hydrogens is 323 g/mol. The average Bonchev–Trinajstić information content (AvgIpc) is 2.41. The van der Waals surface area contributed by atoms with Crippen molar-refractivity contribution in [2.45, 2.75) is 46.3 Å². The van der Waals surface area contributed by atoms with E-state index in [9.17, 15) is 4.79 Å². The van der Waals surface area contributed by atoms with Crippen LogP contribution in [-0.2, 0) is 4.79 Å². The molecule has 1 amide bonds. The van der Waals surface area contributed by atoms with Gasteiger partial charge in [0.05, 0.1) is 0 Å². The Labute approximate surface area is 144 Å². The van der Waals surface area contributed by atoms with Crippen molar-refractivity contribution in [3.63, 3.8) is 0 Å². The molecule has 1 aromatic carbocycles. The van der Waals surface area contributed by atoms with Gasteiger partial charge in [-0.1, -0.05) is 25.4 Å². The van der Waals surface area contributed by atoms with Crippen molar-refractivity contribution in [3.8, 4) is 5.75 Å². The maximum atomic E-state index is 12.1. The zero-order valence-electron chi connectivity index (χ0n) is 13.6. The van der Waals surface area contributed by atoms with Gasteiger partial charge in [0.1, 0.15) is 5.75 Å². The highest BCUT2D eigenvalue weighted by molar-refractivity contribution is 6.31. The molecule has 22 heavy (non-hydrogen) atoms. The Kier molecular flexibility index (Phi) is 9.49. The van der Waals surface area contributed by atoms with Gasteiger partial charge in [-0.15, -0.1) is 12.4 Å². The molecule has 0 bridgehead atoms. The van der Waals surface area contributed by atoms with Gasteiger partial charge in [-0.25, -0.2) is 0 Å². The number of carbonyl (C=O) groups is 1. The third kappa shape index (κ3) is 6.86. The molecule has 0 spiro atoms. The summed E-state index contributed by atoms with van der Waals surface area (Å²) in [6.07, 6.45) is 0.279. The van der Waals surface area contributed by atoms with Crippen molar-refractivity contribution in [2.75, 3.05) is 6.54 Å². The molecule has 0 aromatic heterocycles. The molecule has 0 saturated carbocycles. The molecule has 0 heterocycles. The minimum Gasteiger partial charge on any atom is -0.481 e. The summed E-state index contributed by atoms with van der Waals surface area (Å²) in [5.74, 6) is 0.959. The van der Waals surface area contributed by atoms with Crippen LogP contribution < -0.4 is 15.8 Å². The first kappa shape index (κ1) is 21.0. The second kappa shape index (κ2) is 9.93. The molecular formula is C16H26Cl2N2O2. The fourth-order valence-corrected chi connectivity index (χ4v) is 2.17. The standard InChI is InChI=1S/C16H25ClN2O2.ClH/c1-10(2)7-13(9-18)19-16(20)12(4)21-14-5-6-15(17)11(3)8-14;/h5-6,8,10,12-13H,7,9,18H2,1-4H3,(H,19,20);1H. The molecule has 0 saturated heterocycles. The first-order valence-corrected chi connectivity index (χ1v) is 7.64. The molecule has 1 rings (SSSR count). The summed E-state index contributed by atoms with van der Waals surface area (Å²) < 4.78 is 5.65. The predicted molar refractivity (Wildman–Crippen MR) is 94.0 cm³/mol. The summed E-state index contributed by atoms with van der Waals surface area (Å²) in [4.78, 5) is 12.1. The molecule has 126 valence electrons. The Balaban J connectivity index is 0.00000441. The summed E-state index contributed by atoms with van der Waals surface area (Å²) in [6.45, 7) is 8.25. The van der Waals surface area contributed by atoms with Gasteiger partial charge < -0.3 is 15.8 Å². The van der Waals surface area contributed by atoms with Gasteiger partial charge >= 0.3 is 0 Å². The average molecular weight is 349 g/mol. The van der Waals surface area contributed by atoms with E-state index in [4.69, 9.17) is 22.1 Å². The van der Waals surface area contributed by atoms with E-state index < -0.39 is 6.10 Å². The summed E-state index contributed by atoms with van der Waals surface area (Å²) in [5, 5.41) is 3.61. The lowest BCUT2D eigenvalue weighted by atomic mass is 10.0. The second-order valence-electron chi connectivity index (χ2n) is 5.74. The Morgan fingerprint density at radius 2 is 2.00 bits per heavy atom. The van der Waals surface area contributed by atoms with Crippen LogP contribution in [0, 0.1) is 12.8 Å². The quantitative estimate of drug-likeness (QED) is 0.794. The molecule has 0 radical (unpaired) electrons. The Bertz CT molecular complexity index is 481. The van der Waals surface area contributed by atoms with Crippen molar-refractivity contribution < 1.29 is 9.53 Å². The van der Waals surface area contributed by atoms with Crippen LogP contribution in [0.5, 0.6) is 5.75 Å². The van der Waals surface area contributed by atoms with Crippen LogP contribution in [-0.4, -0.2) is 24.6 Å². The van der Waals surface area contributed by atoms with Crippen LogP contribution in [0.25, 0.3) is 0 Å². The summed E-state index contributed by atoms with van der Waals surface area (Å²) in [5.41, 5.74) is 6.61. The van der Waals surface area contributed by atoms with E-state index in [2.05, 4.69) is 19.2 Å². The smallest absolute Gasteiger partial charge is 0.261 e. The van der Waals surface area contributed by atoms with E-state index in [0.717, 1.165) is 12.0 Å². The first-order valence-electron chi connectivity index (χ1n) is 7.26. The second-order valence-corrected chi connectivity index (χ2v) is 6.15. The number of hydrogen-bond acceptors (Lipinski definition) is 3. The number of rotatable bonds is 7.